The molecule has 0 radical (unpaired) electrons. The number of amides is 1. The lowest BCUT2D eigenvalue weighted by atomic mass is 10.1. The van der Waals surface area contributed by atoms with Crippen LogP contribution in [0.3, 0.4) is 0 Å². The van der Waals surface area contributed by atoms with Crippen molar-refractivity contribution in [2.24, 2.45) is 5.10 Å². The van der Waals surface area contributed by atoms with E-state index < -0.39 is 5.91 Å². The molecule has 0 atom stereocenters. The molecule has 0 aliphatic carbocycles. The van der Waals surface area contributed by atoms with Crippen LogP contribution in [0.15, 0.2) is 65.8 Å². The molecule has 1 amide bonds. The van der Waals surface area contributed by atoms with E-state index in [0.717, 1.165) is 10.8 Å². The first kappa shape index (κ1) is 17.3. The van der Waals surface area contributed by atoms with Gasteiger partial charge in [-0.25, -0.2) is 5.43 Å². The normalized spacial score (nSPS) is 10.8. The van der Waals surface area contributed by atoms with Gasteiger partial charge in [-0.3, -0.25) is 4.79 Å². The van der Waals surface area contributed by atoms with Gasteiger partial charge in [-0.1, -0.05) is 36.4 Å². The molecule has 0 unspecified atom stereocenters. The molecule has 3 aromatic rings. The predicted molar refractivity (Wildman–Crippen MR) is 99.8 cm³/mol. The maximum atomic E-state index is 11.9. The Hall–Kier alpha value is -3.54. The minimum Gasteiger partial charge on any atom is -0.507 e. The zero-order chi connectivity index (χ0) is 18.4. The van der Waals surface area contributed by atoms with Crippen LogP contribution in [0.25, 0.3) is 10.8 Å². The van der Waals surface area contributed by atoms with E-state index in [1.807, 2.05) is 42.5 Å². The lowest BCUT2D eigenvalue weighted by Gasteiger charge is -2.08. The third kappa shape index (κ3) is 4.10. The van der Waals surface area contributed by atoms with Crippen molar-refractivity contribution in [3.8, 4) is 17.2 Å². The summed E-state index contributed by atoms with van der Waals surface area (Å²) < 4.78 is 10.7. The summed E-state index contributed by atoms with van der Waals surface area (Å²) in [5.74, 6) is 0.843. The monoisotopic (exact) mass is 350 g/mol. The second-order valence-corrected chi connectivity index (χ2v) is 5.48. The van der Waals surface area contributed by atoms with Crippen LogP contribution >= 0.6 is 0 Å². The van der Waals surface area contributed by atoms with Crippen molar-refractivity contribution in [3.63, 3.8) is 0 Å². The zero-order valence-electron chi connectivity index (χ0n) is 14.2. The number of rotatable bonds is 6. The zero-order valence-corrected chi connectivity index (χ0v) is 14.2. The largest absolute Gasteiger partial charge is 0.507 e. The SMILES string of the molecule is COc1ccc(O)c(C=NNC(=O)COc2cccc3ccccc23)c1. The molecule has 3 aromatic carbocycles. The second kappa shape index (κ2) is 8.02. The lowest BCUT2D eigenvalue weighted by Crippen LogP contribution is -2.24. The van der Waals surface area contributed by atoms with Gasteiger partial charge in [-0.15, -0.1) is 0 Å². The highest BCUT2D eigenvalue weighted by atomic mass is 16.5. The Labute approximate surface area is 150 Å². The number of methoxy groups -OCH3 is 1. The fourth-order valence-corrected chi connectivity index (χ4v) is 2.43. The van der Waals surface area contributed by atoms with Gasteiger partial charge in [0.2, 0.25) is 0 Å². The van der Waals surface area contributed by atoms with E-state index in [1.54, 1.807) is 12.1 Å². The van der Waals surface area contributed by atoms with E-state index in [9.17, 15) is 9.90 Å². The van der Waals surface area contributed by atoms with Gasteiger partial charge in [0.25, 0.3) is 5.91 Å². The Bertz CT molecular complexity index is 948. The average Bonchev–Trinajstić information content (AvgIpc) is 2.67. The van der Waals surface area contributed by atoms with E-state index in [2.05, 4.69) is 10.5 Å². The summed E-state index contributed by atoms with van der Waals surface area (Å²) in [5, 5.41) is 15.6. The summed E-state index contributed by atoms with van der Waals surface area (Å²) in [6, 6.07) is 18.2. The van der Waals surface area contributed by atoms with Crippen molar-refractivity contribution in [2.75, 3.05) is 13.7 Å². The Balaban J connectivity index is 1.59. The van der Waals surface area contributed by atoms with Crippen LogP contribution in [-0.4, -0.2) is 30.9 Å². The highest BCUT2D eigenvalue weighted by Gasteiger charge is 2.05. The van der Waals surface area contributed by atoms with Gasteiger partial charge in [0.1, 0.15) is 17.2 Å². The standard InChI is InChI=1S/C20H18N2O4/c1-25-16-9-10-18(23)15(11-16)12-21-22-20(24)13-26-19-8-4-6-14-5-2-3-7-17(14)19/h2-12,23H,13H2,1H3,(H,22,24). The number of hydrogen-bond acceptors (Lipinski definition) is 5. The molecule has 2 N–H and O–H groups in total. The first-order valence-electron chi connectivity index (χ1n) is 7.97. The van der Waals surface area contributed by atoms with Gasteiger partial charge < -0.3 is 14.6 Å². The summed E-state index contributed by atoms with van der Waals surface area (Å²) in [6.07, 6.45) is 1.34. The van der Waals surface area contributed by atoms with E-state index in [0.29, 0.717) is 17.1 Å². The molecule has 0 aliphatic heterocycles. The number of nitrogens with zero attached hydrogens (tertiary/aromatic N) is 1. The molecule has 0 fully saturated rings. The number of hydrogen-bond donors (Lipinski definition) is 2. The van der Waals surface area contributed by atoms with Crippen molar-refractivity contribution in [1.29, 1.82) is 0 Å². The first-order valence-corrected chi connectivity index (χ1v) is 7.97. The van der Waals surface area contributed by atoms with Gasteiger partial charge >= 0.3 is 0 Å². The number of aromatic hydroxyl groups is 1. The fraction of sp³-hybridized carbons (Fsp3) is 0.100. The molecule has 26 heavy (non-hydrogen) atoms. The maximum absolute atomic E-state index is 11.9. The average molecular weight is 350 g/mol. The summed E-state index contributed by atoms with van der Waals surface area (Å²) in [7, 11) is 1.53. The molecule has 6 heteroatoms. The van der Waals surface area contributed by atoms with Gasteiger partial charge in [0.05, 0.1) is 13.3 Å². The van der Waals surface area contributed by atoms with Gasteiger partial charge in [0, 0.05) is 10.9 Å². The van der Waals surface area contributed by atoms with Crippen LogP contribution in [0.5, 0.6) is 17.2 Å². The van der Waals surface area contributed by atoms with Crippen LogP contribution < -0.4 is 14.9 Å². The third-order valence-electron chi connectivity index (χ3n) is 3.74. The molecule has 0 aliphatic rings. The molecular weight excluding hydrogens is 332 g/mol. The van der Waals surface area contributed by atoms with Crippen LogP contribution in [-0.2, 0) is 4.79 Å². The first-order chi connectivity index (χ1) is 12.7. The van der Waals surface area contributed by atoms with Crippen molar-refractivity contribution < 1.29 is 19.4 Å². The minimum atomic E-state index is -0.406. The Morgan fingerprint density at radius 3 is 2.81 bits per heavy atom. The molecule has 0 aromatic heterocycles. The summed E-state index contributed by atoms with van der Waals surface area (Å²) in [6.45, 7) is -0.171. The quantitative estimate of drug-likeness (QED) is 0.529. The molecule has 3 rings (SSSR count). The molecule has 0 spiro atoms. The van der Waals surface area contributed by atoms with Crippen LogP contribution in [0.2, 0.25) is 0 Å². The Morgan fingerprint density at radius 2 is 1.96 bits per heavy atom. The highest BCUT2D eigenvalue weighted by Crippen LogP contribution is 2.25. The van der Waals surface area contributed by atoms with Crippen LogP contribution in [0.1, 0.15) is 5.56 Å². The van der Waals surface area contributed by atoms with Gasteiger partial charge in [-0.05, 0) is 29.7 Å². The van der Waals surface area contributed by atoms with Crippen LogP contribution in [0, 0.1) is 0 Å². The van der Waals surface area contributed by atoms with E-state index in [4.69, 9.17) is 9.47 Å². The number of fused-ring (bicyclic) bond motifs is 1. The van der Waals surface area contributed by atoms with Crippen molar-refractivity contribution >= 4 is 22.9 Å². The highest BCUT2D eigenvalue weighted by molar-refractivity contribution is 5.89. The summed E-state index contributed by atoms with van der Waals surface area (Å²) in [4.78, 5) is 11.9. The van der Waals surface area contributed by atoms with Gasteiger partial charge in [0.15, 0.2) is 6.61 Å². The number of phenols is 1. The number of carbonyl (C=O) groups is 1. The predicted octanol–water partition coefficient (Wildman–Crippen LogP) is 3.08. The molecule has 0 bridgehead atoms. The number of carbonyl (C=O) groups excluding carboxylic acids is 1. The number of nitrogens with one attached hydrogen (secondary N) is 1. The van der Waals surface area contributed by atoms with Crippen molar-refractivity contribution in [3.05, 3.63) is 66.2 Å². The Morgan fingerprint density at radius 1 is 1.15 bits per heavy atom. The van der Waals surface area contributed by atoms with Crippen LogP contribution in [0.4, 0.5) is 0 Å². The molecule has 0 saturated carbocycles. The minimum absolute atomic E-state index is 0.0378. The van der Waals surface area contributed by atoms with E-state index >= 15 is 0 Å². The molecule has 132 valence electrons. The number of benzene rings is 3. The molecular formula is C20H18N2O4. The third-order valence-corrected chi connectivity index (χ3v) is 3.74. The topological polar surface area (TPSA) is 80.2 Å². The summed E-state index contributed by atoms with van der Waals surface area (Å²) >= 11 is 0. The lowest BCUT2D eigenvalue weighted by molar-refractivity contribution is -0.123. The fourth-order valence-electron chi connectivity index (χ4n) is 2.43. The second-order valence-electron chi connectivity index (χ2n) is 5.48. The number of ether oxygens (including phenoxy) is 2. The Kier molecular flexibility index (Phi) is 5.34. The van der Waals surface area contributed by atoms with E-state index in [-0.39, 0.29) is 12.4 Å². The molecule has 0 saturated heterocycles. The van der Waals surface area contributed by atoms with Crippen molar-refractivity contribution in [2.45, 2.75) is 0 Å². The smallest absolute Gasteiger partial charge is 0.277 e. The molecule has 0 heterocycles. The van der Waals surface area contributed by atoms with Crippen molar-refractivity contribution in [1.82, 2.24) is 5.43 Å². The molecule has 6 nitrogen and oxygen atoms in total. The maximum Gasteiger partial charge on any atom is 0.277 e. The van der Waals surface area contributed by atoms with Gasteiger partial charge in [-0.2, -0.15) is 5.10 Å². The van der Waals surface area contributed by atoms with E-state index in [1.165, 1.54) is 19.4 Å². The number of phenolic OH excluding ortho intramolecular Hbond substituents is 1. The number of hydrazone groups is 1. The summed E-state index contributed by atoms with van der Waals surface area (Å²) in [5.41, 5.74) is 2.80.